The van der Waals surface area contributed by atoms with Gasteiger partial charge in [-0.3, -0.25) is 0 Å². The maximum atomic E-state index is 13.1. The summed E-state index contributed by atoms with van der Waals surface area (Å²) in [7, 11) is 4.24. The van der Waals surface area contributed by atoms with Crippen LogP contribution in [0.1, 0.15) is 55.9 Å². The lowest BCUT2D eigenvalue weighted by Crippen LogP contribution is -2.50. The number of hydrogen-bond acceptors (Lipinski definition) is 6. The van der Waals surface area contributed by atoms with Crippen molar-refractivity contribution in [2.24, 2.45) is 5.92 Å². The number of carbonyl (C=O) groups is 1. The number of nitrogens with zero attached hydrogens (tertiary/aromatic N) is 4. The third kappa shape index (κ3) is 5.50. The van der Waals surface area contributed by atoms with Gasteiger partial charge in [0.2, 0.25) is 0 Å². The highest BCUT2D eigenvalue weighted by molar-refractivity contribution is 7.15. The molecule has 7 nitrogen and oxygen atoms in total. The molecule has 3 aliphatic rings. The summed E-state index contributed by atoms with van der Waals surface area (Å²) in [6.45, 7) is 5.54. The molecule has 1 aliphatic heterocycles. The van der Waals surface area contributed by atoms with Crippen LogP contribution in [0.2, 0.25) is 0 Å². The fourth-order valence-corrected chi connectivity index (χ4v) is 7.00. The van der Waals surface area contributed by atoms with E-state index >= 15 is 0 Å². The first kappa shape index (κ1) is 26.5. The lowest BCUT2D eigenvalue weighted by molar-refractivity contribution is 0.147. The fourth-order valence-electron chi connectivity index (χ4n) is 5.94. The van der Waals surface area contributed by atoms with Crippen molar-refractivity contribution in [3.05, 3.63) is 58.6 Å². The maximum absolute atomic E-state index is 13.1. The number of aromatic nitrogens is 1. The van der Waals surface area contributed by atoms with Crippen LogP contribution in [0.5, 0.6) is 5.75 Å². The van der Waals surface area contributed by atoms with E-state index in [1.165, 1.54) is 10.5 Å². The van der Waals surface area contributed by atoms with E-state index in [1.807, 2.05) is 43.1 Å². The molecule has 0 bridgehead atoms. The molecule has 1 aromatic heterocycles. The Morgan fingerprint density at radius 1 is 1.24 bits per heavy atom. The van der Waals surface area contributed by atoms with Gasteiger partial charge in [0, 0.05) is 41.7 Å². The first-order chi connectivity index (χ1) is 18.3. The van der Waals surface area contributed by atoms with Gasteiger partial charge in [0.05, 0.1) is 17.7 Å². The van der Waals surface area contributed by atoms with Crippen molar-refractivity contribution < 1.29 is 9.53 Å². The predicted molar refractivity (Wildman–Crippen MR) is 151 cm³/mol. The monoisotopic (exact) mass is 531 g/mol. The van der Waals surface area contributed by atoms with Crippen molar-refractivity contribution in [2.45, 2.75) is 63.6 Å². The SMILES string of the molecule is CC(C)Oc1ccc(-c2ncc(C3C=CC=C4C(NC(=O)N5CCC(N(C)C)CC5)CCC43)s2)cc1C#N. The van der Waals surface area contributed by atoms with Crippen LogP contribution < -0.4 is 10.1 Å². The van der Waals surface area contributed by atoms with Crippen LogP contribution in [0.15, 0.2) is 48.2 Å². The van der Waals surface area contributed by atoms with Crippen LogP contribution in [0.25, 0.3) is 10.6 Å². The Balaban J connectivity index is 1.25. The van der Waals surface area contributed by atoms with Gasteiger partial charge in [-0.1, -0.05) is 18.2 Å². The topological polar surface area (TPSA) is 81.5 Å². The number of fused-ring (bicyclic) bond motifs is 1. The van der Waals surface area contributed by atoms with Gasteiger partial charge in [0.25, 0.3) is 0 Å². The predicted octanol–water partition coefficient (Wildman–Crippen LogP) is 5.56. The molecule has 1 aromatic carbocycles. The fraction of sp³-hybridized carbons (Fsp3) is 0.500. The molecule has 1 saturated heterocycles. The summed E-state index contributed by atoms with van der Waals surface area (Å²) in [5, 5.41) is 13.9. The van der Waals surface area contributed by atoms with E-state index in [0.29, 0.717) is 23.3 Å². The van der Waals surface area contributed by atoms with E-state index in [4.69, 9.17) is 9.72 Å². The van der Waals surface area contributed by atoms with Crippen LogP contribution in [0.3, 0.4) is 0 Å². The van der Waals surface area contributed by atoms with Gasteiger partial charge >= 0.3 is 6.03 Å². The van der Waals surface area contributed by atoms with Crippen LogP contribution in [-0.2, 0) is 0 Å². The second-order valence-electron chi connectivity index (χ2n) is 11.0. The summed E-state index contributed by atoms with van der Waals surface area (Å²) in [4.78, 5) is 23.2. The number of amides is 2. The van der Waals surface area contributed by atoms with E-state index in [1.54, 1.807) is 11.3 Å². The van der Waals surface area contributed by atoms with Gasteiger partial charge in [0.15, 0.2) is 0 Å². The molecule has 200 valence electrons. The summed E-state index contributed by atoms with van der Waals surface area (Å²) < 4.78 is 5.78. The molecular formula is C30H37N5O2S. The number of nitrogens with one attached hydrogen (secondary N) is 1. The van der Waals surface area contributed by atoms with E-state index in [2.05, 4.69) is 48.6 Å². The van der Waals surface area contributed by atoms with Gasteiger partial charge in [-0.25, -0.2) is 9.78 Å². The van der Waals surface area contributed by atoms with E-state index in [9.17, 15) is 10.1 Å². The largest absolute Gasteiger partial charge is 0.490 e. The summed E-state index contributed by atoms with van der Waals surface area (Å²) in [5.41, 5.74) is 2.78. The number of nitriles is 1. The van der Waals surface area contributed by atoms with Gasteiger partial charge < -0.3 is 19.9 Å². The van der Waals surface area contributed by atoms with Crippen LogP contribution in [0.4, 0.5) is 4.79 Å². The average Bonchev–Trinajstić information content (AvgIpc) is 3.56. The zero-order valence-electron chi connectivity index (χ0n) is 22.7. The number of rotatable bonds is 6. The van der Waals surface area contributed by atoms with Crippen molar-refractivity contribution in [1.82, 2.24) is 20.1 Å². The number of hydrogen-bond donors (Lipinski definition) is 1. The lowest BCUT2D eigenvalue weighted by atomic mass is 9.83. The second-order valence-corrected chi connectivity index (χ2v) is 12.1. The molecule has 0 radical (unpaired) electrons. The Morgan fingerprint density at radius 2 is 2.03 bits per heavy atom. The minimum absolute atomic E-state index is 0.00932. The third-order valence-corrected chi connectivity index (χ3v) is 9.13. The van der Waals surface area contributed by atoms with Crippen molar-refractivity contribution in [1.29, 1.82) is 5.26 Å². The molecule has 2 aromatic rings. The molecule has 0 spiro atoms. The van der Waals surface area contributed by atoms with Crippen molar-refractivity contribution in [3.63, 3.8) is 0 Å². The van der Waals surface area contributed by atoms with Gasteiger partial charge in [-0.15, -0.1) is 11.3 Å². The van der Waals surface area contributed by atoms with Crippen LogP contribution in [-0.4, -0.2) is 66.2 Å². The number of likely N-dealkylation sites (tertiary alicyclic amines) is 1. The molecule has 3 unspecified atom stereocenters. The Labute approximate surface area is 229 Å². The highest BCUT2D eigenvalue weighted by Gasteiger charge is 2.38. The average molecular weight is 532 g/mol. The van der Waals surface area contributed by atoms with Crippen molar-refractivity contribution in [3.8, 4) is 22.4 Å². The molecule has 1 saturated carbocycles. The minimum Gasteiger partial charge on any atom is -0.490 e. The molecule has 38 heavy (non-hydrogen) atoms. The summed E-state index contributed by atoms with van der Waals surface area (Å²) in [6, 6.07) is 8.68. The first-order valence-corrected chi connectivity index (χ1v) is 14.4. The highest BCUT2D eigenvalue weighted by atomic mass is 32.1. The molecule has 2 amide bonds. The minimum atomic E-state index is 0.00932. The second kappa shape index (κ2) is 11.3. The molecule has 2 fully saturated rings. The molecule has 2 heterocycles. The number of thiazole rings is 1. The summed E-state index contributed by atoms with van der Waals surface area (Å²) in [6.07, 6.45) is 12.6. The molecule has 2 aliphatic carbocycles. The standard InChI is InChI=1S/C30H37N5O2S/c1-19(2)37-27-11-8-20(16-21(27)17-31)29-32-18-28(38-29)25-7-5-6-24-23(25)9-10-26(24)33-30(36)35-14-12-22(13-15-35)34(3)4/h5-8,11,16,18-19,22-23,25-26H,9-10,12-15H2,1-4H3,(H,33,36). The maximum Gasteiger partial charge on any atom is 0.317 e. The lowest BCUT2D eigenvalue weighted by Gasteiger charge is -2.36. The summed E-state index contributed by atoms with van der Waals surface area (Å²) >= 11 is 1.68. The van der Waals surface area contributed by atoms with Crippen LogP contribution in [0, 0.1) is 17.2 Å². The van der Waals surface area contributed by atoms with Crippen LogP contribution >= 0.6 is 11.3 Å². The summed E-state index contributed by atoms with van der Waals surface area (Å²) in [5.74, 6) is 1.22. The molecule has 3 atom stereocenters. The number of ether oxygens (including phenoxy) is 1. The Hall–Kier alpha value is -3.15. The van der Waals surface area contributed by atoms with E-state index in [-0.39, 0.29) is 24.1 Å². The van der Waals surface area contributed by atoms with Crippen molar-refractivity contribution >= 4 is 17.4 Å². The van der Waals surface area contributed by atoms with E-state index in [0.717, 1.165) is 49.3 Å². The number of urea groups is 1. The highest BCUT2D eigenvalue weighted by Crippen LogP contribution is 2.46. The zero-order valence-corrected chi connectivity index (χ0v) is 23.5. The van der Waals surface area contributed by atoms with E-state index < -0.39 is 0 Å². The smallest absolute Gasteiger partial charge is 0.317 e. The molecular weight excluding hydrogens is 494 g/mol. The number of piperidine rings is 1. The number of benzene rings is 1. The molecule has 1 N–H and O–H groups in total. The van der Waals surface area contributed by atoms with Crippen molar-refractivity contribution in [2.75, 3.05) is 27.2 Å². The normalized spacial score (nSPS) is 23.3. The Kier molecular flexibility index (Phi) is 7.87. The van der Waals surface area contributed by atoms with Gasteiger partial charge in [-0.05, 0) is 83.3 Å². The first-order valence-electron chi connectivity index (χ1n) is 13.6. The Morgan fingerprint density at radius 3 is 2.74 bits per heavy atom. The van der Waals surface area contributed by atoms with Gasteiger partial charge in [-0.2, -0.15) is 5.26 Å². The quantitative estimate of drug-likeness (QED) is 0.528. The molecule has 5 rings (SSSR count). The zero-order chi connectivity index (χ0) is 26.8. The van der Waals surface area contributed by atoms with Gasteiger partial charge in [0.1, 0.15) is 16.8 Å². The molecule has 8 heteroatoms. The Bertz CT molecular complexity index is 1270. The number of carbonyl (C=O) groups excluding carboxylic acids is 1. The number of allylic oxidation sites excluding steroid dienone is 3. The third-order valence-electron chi connectivity index (χ3n) is 7.98.